The van der Waals surface area contributed by atoms with E-state index in [1.807, 2.05) is 50.2 Å². The van der Waals surface area contributed by atoms with Crippen molar-refractivity contribution in [1.82, 2.24) is 10.6 Å². The van der Waals surface area contributed by atoms with Gasteiger partial charge in [-0.15, -0.1) is 0 Å². The van der Waals surface area contributed by atoms with E-state index in [0.29, 0.717) is 29.6 Å². The van der Waals surface area contributed by atoms with E-state index < -0.39 is 0 Å². The molecule has 0 spiro atoms. The Labute approximate surface area is 159 Å². The molecular weight excluding hydrogens is 348 g/mol. The molecule has 1 amide bonds. The molecule has 6 heteroatoms. The number of ether oxygens (including phenoxy) is 2. The second-order valence-corrected chi connectivity index (χ2v) is 6.15. The van der Waals surface area contributed by atoms with E-state index in [0.717, 1.165) is 12.2 Å². The number of para-hydroxylation sites is 2. The van der Waals surface area contributed by atoms with E-state index in [1.165, 1.54) is 0 Å². The van der Waals surface area contributed by atoms with Gasteiger partial charge in [0.15, 0.2) is 5.11 Å². The molecule has 2 N–H and O–H groups in total. The van der Waals surface area contributed by atoms with Gasteiger partial charge in [-0.25, -0.2) is 0 Å². The lowest BCUT2D eigenvalue weighted by Crippen LogP contribution is -2.43. The maximum absolute atomic E-state index is 12.5. The van der Waals surface area contributed by atoms with Gasteiger partial charge in [0.25, 0.3) is 5.91 Å². The average molecular weight is 372 g/mol. The molecule has 0 aliphatic heterocycles. The predicted octanol–water partition coefficient (Wildman–Crippen LogP) is 3.55. The fourth-order valence-corrected chi connectivity index (χ4v) is 2.43. The van der Waals surface area contributed by atoms with Gasteiger partial charge < -0.3 is 14.8 Å². The van der Waals surface area contributed by atoms with Crippen LogP contribution >= 0.6 is 12.2 Å². The number of carbonyl (C=O) groups is 1. The van der Waals surface area contributed by atoms with Crippen molar-refractivity contribution in [3.8, 4) is 11.5 Å². The summed E-state index contributed by atoms with van der Waals surface area (Å²) in [6, 6.07) is 16.8. The molecular formula is C20H24N2O3S. The van der Waals surface area contributed by atoms with Crippen LogP contribution in [0, 0.1) is 0 Å². The van der Waals surface area contributed by atoms with Gasteiger partial charge in [0.2, 0.25) is 0 Å². The molecule has 0 heterocycles. The van der Waals surface area contributed by atoms with Crippen molar-refractivity contribution in [3.63, 3.8) is 0 Å². The zero-order valence-corrected chi connectivity index (χ0v) is 15.8. The third-order valence-electron chi connectivity index (χ3n) is 3.70. The van der Waals surface area contributed by atoms with Crippen molar-refractivity contribution in [1.29, 1.82) is 0 Å². The Balaban J connectivity index is 1.88. The topological polar surface area (TPSA) is 59.6 Å². The first kappa shape index (κ1) is 19.7. The van der Waals surface area contributed by atoms with Crippen LogP contribution in [0.5, 0.6) is 11.5 Å². The molecule has 2 rings (SSSR count). The van der Waals surface area contributed by atoms with Crippen molar-refractivity contribution in [2.45, 2.75) is 26.3 Å². The summed E-state index contributed by atoms with van der Waals surface area (Å²) < 4.78 is 11.3. The molecule has 0 saturated heterocycles. The lowest BCUT2D eigenvalue weighted by Gasteiger charge is -2.16. The first-order valence-corrected chi connectivity index (χ1v) is 9.02. The minimum atomic E-state index is -0.301. The van der Waals surface area contributed by atoms with E-state index in [2.05, 4.69) is 10.6 Å². The van der Waals surface area contributed by atoms with Gasteiger partial charge in [0.05, 0.1) is 5.56 Å². The Hall–Kier alpha value is -2.60. The van der Waals surface area contributed by atoms with E-state index in [1.54, 1.807) is 18.2 Å². The molecule has 0 aliphatic rings. The van der Waals surface area contributed by atoms with Gasteiger partial charge >= 0.3 is 0 Å². The highest BCUT2D eigenvalue weighted by Crippen LogP contribution is 2.18. The summed E-state index contributed by atoms with van der Waals surface area (Å²) in [6.07, 6.45) is 0.914. The lowest BCUT2D eigenvalue weighted by molar-refractivity contribution is 0.0971. The normalized spacial score (nSPS) is 11.3. The van der Waals surface area contributed by atoms with Crippen molar-refractivity contribution in [2.24, 2.45) is 0 Å². The second-order valence-electron chi connectivity index (χ2n) is 5.74. The molecule has 1 atom stereocenters. The maximum Gasteiger partial charge on any atom is 0.261 e. The Morgan fingerprint density at radius 1 is 1.04 bits per heavy atom. The van der Waals surface area contributed by atoms with Crippen LogP contribution in [0.15, 0.2) is 54.6 Å². The lowest BCUT2D eigenvalue weighted by atomic mass is 10.2. The fraction of sp³-hybridized carbons (Fsp3) is 0.300. The summed E-state index contributed by atoms with van der Waals surface area (Å²) in [7, 11) is 0. The molecule has 0 radical (unpaired) electrons. The van der Waals surface area contributed by atoms with Crippen molar-refractivity contribution in [2.75, 3.05) is 13.2 Å². The van der Waals surface area contributed by atoms with Gasteiger partial charge in [-0.2, -0.15) is 0 Å². The van der Waals surface area contributed by atoms with E-state index in [4.69, 9.17) is 21.7 Å². The molecule has 138 valence electrons. The quantitative estimate of drug-likeness (QED) is 0.548. The molecule has 1 unspecified atom stereocenters. The summed E-state index contributed by atoms with van der Waals surface area (Å²) in [6.45, 7) is 4.76. The van der Waals surface area contributed by atoms with Crippen LogP contribution in [0.4, 0.5) is 0 Å². The van der Waals surface area contributed by atoms with E-state index >= 15 is 0 Å². The fourth-order valence-electron chi connectivity index (χ4n) is 2.14. The molecule has 0 aromatic heterocycles. The standard InChI is InChI=1S/C20H24N2O3S/c1-3-15(2)21-20(26)22-19(23)17-11-7-8-12-18(17)25-14-13-24-16-9-5-4-6-10-16/h4-12,15H,3,13-14H2,1-2H3,(H2,21,22,23,26). The largest absolute Gasteiger partial charge is 0.490 e. The number of hydrogen-bond acceptors (Lipinski definition) is 4. The van der Waals surface area contributed by atoms with Crippen LogP contribution in [0.3, 0.4) is 0 Å². The van der Waals surface area contributed by atoms with Crippen LogP contribution in [0.25, 0.3) is 0 Å². The number of hydrogen-bond donors (Lipinski definition) is 2. The third-order valence-corrected chi connectivity index (χ3v) is 3.92. The number of benzene rings is 2. The molecule has 0 aliphatic carbocycles. The minimum Gasteiger partial charge on any atom is -0.490 e. The Morgan fingerprint density at radius 2 is 1.69 bits per heavy atom. The van der Waals surface area contributed by atoms with Crippen molar-refractivity contribution >= 4 is 23.2 Å². The zero-order valence-electron chi connectivity index (χ0n) is 15.0. The number of nitrogens with one attached hydrogen (secondary N) is 2. The molecule has 2 aromatic rings. The molecule has 5 nitrogen and oxygen atoms in total. The summed E-state index contributed by atoms with van der Waals surface area (Å²) in [4.78, 5) is 12.5. The van der Waals surface area contributed by atoms with Crippen molar-refractivity contribution in [3.05, 3.63) is 60.2 Å². The van der Waals surface area contributed by atoms with Crippen LogP contribution in [0.2, 0.25) is 0 Å². The van der Waals surface area contributed by atoms with E-state index in [-0.39, 0.29) is 11.9 Å². The predicted molar refractivity (Wildman–Crippen MR) is 107 cm³/mol. The van der Waals surface area contributed by atoms with Crippen LogP contribution < -0.4 is 20.1 Å². The summed E-state index contributed by atoms with van der Waals surface area (Å²) in [5, 5.41) is 6.06. The Bertz CT molecular complexity index is 722. The average Bonchev–Trinajstić information content (AvgIpc) is 2.66. The Kier molecular flexibility index (Phi) is 7.89. The van der Waals surface area contributed by atoms with Crippen LogP contribution in [-0.4, -0.2) is 30.3 Å². The Morgan fingerprint density at radius 3 is 2.42 bits per heavy atom. The summed E-state index contributed by atoms with van der Waals surface area (Å²) >= 11 is 5.17. The van der Waals surface area contributed by atoms with Crippen LogP contribution in [-0.2, 0) is 0 Å². The molecule has 0 fully saturated rings. The number of amides is 1. The smallest absolute Gasteiger partial charge is 0.261 e. The molecule has 26 heavy (non-hydrogen) atoms. The number of rotatable bonds is 8. The maximum atomic E-state index is 12.5. The SMILES string of the molecule is CCC(C)NC(=S)NC(=O)c1ccccc1OCCOc1ccccc1. The zero-order chi connectivity index (χ0) is 18.8. The van der Waals surface area contributed by atoms with E-state index in [9.17, 15) is 4.79 Å². The number of carbonyl (C=O) groups excluding carboxylic acids is 1. The van der Waals surface area contributed by atoms with Crippen molar-refractivity contribution < 1.29 is 14.3 Å². The van der Waals surface area contributed by atoms with Gasteiger partial charge in [-0.05, 0) is 49.8 Å². The highest BCUT2D eigenvalue weighted by atomic mass is 32.1. The summed E-state index contributed by atoms with van der Waals surface area (Å²) in [5.74, 6) is 0.974. The van der Waals surface area contributed by atoms with Gasteiger partial charge in [-0.1, -0.05) is 37.3 Å². The second kappa shape index (κ2) is 10.4. The van der Waals surface area contributed by atoms with Gasteiger partial charge in [0.1, 0.15) is 24.7 Å². The first-order chi connectivity index (χ1) is 12.6. The molecule has 0 bridgehead atoms. The minimum absolute atomic E-state index is 0.199. The van der Waals surface area contributed by atoms with Crippen LogP contribution in [0.1, 0.15) is 30.6 Å². The first-order valence-electron chi connectivity index (χ1n) is 8.61. The highest BCUT2D eigenvalue weighted by Gasteiger charge is 2.14. The third kappa shape index (κ3) is 6.37. The number of thiocarbonyl (C=S) groups is 1. The van der Waals surface area contributed by atoms with Gasteiger partial charge in [0, 0.05) is 6.04 Å². The molecule has 0 saturated carbocycles. The molecule has 2 aromatic carbocycles. The summed E-state index contributed by atoms with van der Waals surface area (Å²) in [5.41, 5.74) is 0.431. The highest BCUT2D eigenvalue weighted by molar-refractivity contribution is 7.80. The monoisotopic (exact) mass is 372 g/mol. The van der Waals surface area contributed by atoms with Gasteiger partial charge in [-0.3, -0.25) is 10.1 Å².